The van der Waals surface area contributed by atoms with Crippen molar-refractivity contribution >= 4 is 43.5 Å². The molecule has 0 amide bonds. The van der Waals surface area contributed by atoms with E-state index in [-0.39, 0.29) is 12.0 Å². The number of hydrogen-bond donors (Lipinski definition) is 1. The Morgan fingerprint density at radius 2 is 2.18 bits per heavy atom. The predicted molar refractivity (Wildman–Crippen MR) is 74.0 cm³/mol. The first kappa shape index (κ1) is 12.9. The highest BCUT2D eigenvalue weighted by Crippen LogP contribution is 2.36. The second kappa shape index (κ2) is 5.40. The maximum Gasteiger partial charge on any atom is 0.328 e. The van der Waals surface area contributed by atoms with Crippen LogP contribution in [0.15, 0.2) is 27.1 Å². The van der Waals surface area contributed by atoms with E-state index in [1.165, 1.54) is 7.11 Å². The van der Waals surface area contributed by atoms with E-state index in [1.807, 2.05) is 18.2 Å². The van der Waals surface area contributed by atoms with Crippen LogP contribution < -0.4 is 5.32 Å². The summed E-state index contributed by atoms with van der Waals surface area (Å²) < 4.78 is 6.74. The average molecular weight is 363 g/mol. The van der Waals surface area contributed by atoms with Crippen molar-refractivity contribution in [2.75, 3.05) is 12.4 Å². The number of hydrogen-bond acceptors (Lipinski definition) is 3. The number of nitrogens with one attached hydrogen (secondary N) is 1. The maximum absolute atomic E-state index is 11.7. The van der Waals surface area contributed by atoms with E-state index in [2.05, 4.69) is 37.2 Å². The van der Waals surface area contributed by atoms with Crippen LogP contribution in [0.3, 0.4) is 0 Å². The first-order valence-electron chi connectivity index (χ1n) is 5.41. The molecule has 1 fully saturated rings. The predicted octanol–water partition coefficient (Wildman–Crippen LogP) is 3.58. The number of carbonyl (C=O) groups is 1. The summed E-state index contributed by atoms with van der Waals surface area (Å²) in [7, 11) is 1.43. The Bertz CT molecular complexity index is 433. The molecule has 0 spiro atoms. The Hall–Kier alpha value is -0.550. The number of rotatable bonds is 4. The molecule has 0 bridgehead atoms. The minimum atomic E-state index is -0.245. The largest absolute Gasteiger partial charge is 0.467 e. The van der Waals surface area contributed by atoms with Crippen LogP contribution in [0.25, 0.3) is 0 Å². The molecule has 1 saturated carbocycles. The molecule has 2 rings (SSSR count). The fraction of sp³-hybridized carbons (Fsp3) is 0.417. The zero-order valence-electron chi connectivity index (χ0n) is 9.37. The average Bonchev–Trinajstić information content (AvgIpc) is 3.13. The van der Waals surface area contributed by atoms with Crippen molar-refractivity contribution < 1.29 is 9.53 Å². The van der Waals surface area contributed by atoms with Gasteiger partial charge < -0.3 is 10.1 Å². The Balaban J connectivity index is 2.16. The van der Waals surface area contributed by atoms with Crippen molar-refractivity contribution in [2.24, 2.45) is 5.92 Å². The molecule has 0 aliphatic heterocycles. The summed E-state index contributed by atoms with van der Waals surface area (Å²) in [6.45, 7) is 0. The van der Waals surface area contributed by atoms with Crippen LogP contribution in [0, 0.1) is 5.92 Å². The Morgan fingerprint density at radius 3 is 2.76 bits per heavy atom. The molecular formula is C12H13Br2NO2. The van der Waals surface area contributed by atoms with Crippen molar-refractivity contribution in [1.29, 1.82) is 0 Å². The third kappa shape index (κ3) is 3.22. The van der Waals surface area contributed by atoms with Gasteiger partial charge in [0.2, 0.25) is 0 Å². The van der Waals surface area contributed by atoms with Crippen LogP contribution in [-0.2, 0) is 9.53 Å². The fourth-order valence-electron chi connectivity index (χ4n) is 1.70. The standard InChI is InChI=1S/C12H13Br2NO2/c1-17-12(16)11(7-2-3-7)15-10-6-8(13)4-5-9(10)14/h4-7,11,15H,2-3H2,1H3. The topological polar surface area (TPSA) is 38.3 Å². The number of methoxy groups -OCH3 is 1. The summed E-state index contributed by atoms with van der Waals surface area (Å²) in [6.07, 6.45) is 2.16. The molecule has 0 saturated heterocycles. The van der Waals surface area contributed by atoms with Gasteiger partial charge in [-0.05, 0) is 52.9 Å². The van der Waals surface area contributed by atoms with Crippen LogP contribution >= 0.6 is 31.9 Å². The lowest BCUT2D eigenvalue weighted by Gasteiger charge is -2.18. The molecule has 1 unspecified atom stereocenters. The molecule has 0 aromatic heterocycles. The molecule has 3 nitrogen and oxygen atoms in total. The highest BCUT2D eigenvalue weighted by atomic mass is 79.9. The lowest BCUT2D eigenvalue weighted by molar-refractivity contribution is -0.142. The molecule has 1 aromatic rings. The van der Waals surface area contributed by atoms with Gasteiger partial charge in [-0.1, -0.05) is 15.9 Å². The van der Waals surface area contributed by atoms with Crippen molar-refractivity contribution in [3.05, 3.63) is 27.1 Å². The molecule has 1 atom stereocenters. The monoisotopic (exact) mass is 361 g/mol. The minimum absolute atomic E-state index is 0.195. The van der Waals surface area contributed by atoms with E-state index >= 15 is 0 Å². The van der Waals surface area contributed by atoms with Crippen molar-refractivity contribution in [2.45, 2.75) is 18.9 Å². The molecule has 17 heavy (non-hydrogen) atoms. The second-order valence-corrected chi connectivity index (χ2v) is 5.88. The molecule has 1 aliphatic rings. The quantitative estimate of drug-likeness (QED) is 0.832. The van der Waals surface area contributed by atoms with Gasteiger partial charge in [0.1, 0.15) is 6.04 Å². The number of anilines is 1. The van der Waals surface area contributed by atoms with E-state index in [0.29, 0.717) is 5.92 Å². The van der Waals surface area contributed by atoms with Crippen LogP contribution in [0.4, 0.5) is 5.69 Å². The Kier molecular flexibility index (Phi) is 4.09. The van der Waals surface area contributed by atoms with Crippen molar-refractivity contribution in [1.82, 2.24) is 0 Å². The van der Waals surface area contributed by atoms with E-state index in [4.69, 9.17) is 4.74 Å². The first-order chi connectivity index (χ1) is 8.11. The highest BCUT2D eigenvalue weighted by Gasteiger charge is 2.37. The third-order valence-electron chi connectivity index (χ3n) is 2.79. The second-order valence-electron chi connectivity index (χ2n) is 4.11. The number of ether oxygens (including phenoxy) is 1. The molecule has 92 valence electrons. The van der Waals surface area contributed by atoms with Crippen LogP contribution in [0.5, 0.6) is 0 Å². The fourth-order valence-corrected chi connectivity index (χ4v) is 2.42. The summed E-state index contributed by atoms with van der Waals surface area (Å²) >= 11 is 6.88. The number of carbonyl (C=O) groups excluding carboxylic acids is 1. The number of halogens is 2. The van der Waals surface area contributed by atoms with Crippen molar-refractivity contribution in [3.8, 4) is 0 Å². The zero-order chi connectivity index (χ0) is 12.4. The van der Waals surface area contributed by atoms with E-state index in [1.54, 1.807) is 0 Å². The smallest absolute Gasteiger partial charge is 0.328 e. The van der Waals surface area contributed by atoms with Gasteiger partial charge in [-0.2, -0.15) is 0 Å². The van der Waals surface area contributed by atoms with Crippen LogP contribution in [0.1, 0.15) is 12.8 Å². The molecule has 0 heterocycles. The molecule has 0 radical (unpaired) electrons. The third-order valence-corrected chi connectivity index (χ3v) is 3.97. The summed E-state index contributed by atoms with van der Waals surface area (Å²) in [6, 6.07) is 5.58. The SMILES string of the molecule is COC(=O)C(Nc1cc(Br)ccc1Br)C1CC1. The molecule has 1 aromatic carbocycles. The summed E-state index contributed by atoms with van der Waals surface area (Å²) in [5.41, 5.74) is 0.904. The molecule has 1 N–H and O–H groups in total. The highest BCUT2D eigenvalue weighted by molar-refractivity contribution is 9.11. The summed E-state index contributed by atoms with van der Waals surface area (Å²) in [5.74, 6) is 0.202. The zero-order valence-corrected chi connectivity index (χ0v) is 12.5. The van der Waals surface area contributed by atoms with Gasteiger partial charge in [0, 0.05) is 8.95 Å². The van der Waals surface area contributed by atoms with Gasteiger partial charge in [-0.25, -0.2) is 4.79 Å². The summed E-state index contributed by atoms with van der Waals surface area (Å²) in [5, 5.41) is 3.25. The lowest BCUT2D eigenvalue weighted by atomic mass is 10.1. The van der Waals surface area contributed by atoms with E-state index < -0.39 is 0 Å². The minimum Gasteiger partial charge on any atom is -0.467 e. The van der Waals surface area contributed by atoms with Gasteiger partial charge in [0.15, 0.2) is 0 Å². The van der Waals surface area contributed by atoms with Gasteiger partial charge in [0.05, 0.1) is 12.8 Å². The molecular weight excluding hydrogens is 350 g/mol. The van der Waals surface area contributed by atoms with Crippen LogP contribution in [-0.4, -0.2) is 19.1 Å². The number of benzene rings is 1. The maximum atomic E-state index is 11.7. The van der Waals surface area contributed by atoms with Crippen LogP contribution in [0.2, 0.25) is 0 Å². The normalized spacial score (nSPS) is 16.4. The van der Waals surface area contributed by atoms with Gasteiger partial charge in [0.25, 0.3) is 0 Å². The lowest BCUT2D eigenvalue weighted by Crippen LogP contribution is -2.32. The molecule has 5 heteroatoms. The van der Waals surface area contributed by atoms with Gasteiger partial charge >= 0.3 is 5.97 Å². The first-order valence-corrected chi connectivity index (χ1v) is 7.00. The van der Waals surface area contributed by atoms with Crippen molar-refractivity contribution in [3.63, 3.8) is 0 Å². The number of esters is 1. The molecule has 1 aliphatic carbocycles. The van der Waals surface area contributed by atoms with Gasteiger partial charge in [-0.3, -0.25) is 0 Å². The van der Waals surface area contributed by atoms with E-state index in [9.17, 15) is 4.79 Å². The summed E-state index contributed by atoms with van der Waals surface area (Å²) in [4.78, 5) is 11.7. The van der Waals surface area contributed by atoms with Gasteiger partial charge in [-0.15, -0.1) is 0 Å². The Morgan fingerprint density at radius 1 is 1.47 bits per heavy atom. The van der Waals surface area contributed by atoms with E-state index in [0.717, 1.165) is 27.5 Å². The Labute approximate surface area is 117 Å².